The van der Waals surface area contributed by atoms with Gasteiger partial charge in [0.2, 0.25) is 23.5 Å². The summed E-state index contributed by atoms with van der Waals surface area (Å²) < 4.78 is 5.20. The Hall–Kier alpha value is -3.55. The van der Waals surface area contributed by atoms with Gasteiger partial charge in [-0.1, -0.05) is 11.2 Å². The van der Waals surface area contributed by atoms with Crippen LogP contribution in [0.4, 0.5) is 11.4 Å². The average molecular weight is 377 g/mol. The molecule has 1 aliphatic heterocycles. The second kappa shape index (κ2) is 7.99. The third-order valence-electron chi connectivity index (χ3n) is 4.44. The van der Waals surface area contributed by atoms with Crippen LogP contribution in [0, 0.1) is 0 Å². The molecule has 0 spiro atoms. The molecule has 4 rings (SSSR count). The maximum absolute atomic E-state index is 12.3. The summed E-state index contributed by atoms with van der Waals surface area (Å²) in [6.07, 6.45) is 4.33. The summed E-state index contributed by atoms with van der Waals surface area (Å²) in [6.45, 7) is 0. The van der Waals surface area contributed by atoms with Crippen molar-refractivity contribution < 1.29 is 14.1 Å². The quantitative estimate of drug-likeness (QED) is 0.707. The van der Waals surface area contributed by atoms with E-state index in [0.717, 1.165) is 24.1 Å². The first-order chi connectivity index (χ1) is 13.7. The molecule has 1 aromatic carbocycles. The number of benzene rings is 1. The Labute approximate surface area is 161 Å². The molecule has 0 aliphatic carbocycles. The van der Waals surface area contributed by atoms with Gasteiger partial charge >= 0.3 is 0 Å². The van der Waals surface area contributed by atoms with E-state index in [2.05, 4.69) is 25.8 Å². The second-order valence-corrected chi connectivity index (χ2v) is 6.55. The molecule has 0 atom stereocenters. The van der Waals surface area contributed by atoms with E-state index in [1.165, 1.54) is 0 Å². The van der Waals surface area contributed by atoms with Gasteiger partial charge in [-0.05, 0) is 48.7 Å². The Balaban J connectivity index is 1.34. The highest BCUT2D eigenvalue weighted by Crippen LogP contribution is 2.25. The molecule has 1 aliphatic rings. The zero-order valence-corrected chi connectivity index (χ0v) is 15.1. The van der Waals surface area contributed by atoms with Crippen LogP contribution in [0.2, 0.25) is 0 Å². The normalized spacial score (nSPS) is 13.4. The zero-order chi connectivity index (χ0) is 19.3. The molecular formula is C20H19N5O3. The maximum atomic E-state index is 12.3. The number of anilines is 2. The van der Waals surface area contributed by atoms with Gasteiger partial charge in [0.05, 0.1) is 0 Å². The molecule has 3 aromatic rings. The topological polar surface area (TPSA) is 110 Å². The third-order valence-corrected chi connectivity index (χ3v) is 4.44. The summed E-state index contributed by atoms with van der Waals surface area (Å²) in [4.78, 5) is 32.3. The van der Waals surface area contributed by atoms with Crippen LogP contribution in [0.1, 0.15) is 30.7 Å². The average Bonchev–Trinajstić information content (AvgIpc) is 3.10. The maximum Gasteiger partial charge on any atom is 0.227 e. The number of nitrogens with one attached hydrogen (secondary N) is 2. The summed E-state index contributed by atoms with van der Waals surface area (Å²) in [6, 6.07) is 11.0. The number of aryl methyl sites for hydroxylation is 2. The van der Waals surface area contributed by atoms with Crippen LogP contribution in [-0.2, 0) is 22.4 Å². The van der Waals surface area contributed by atoms with Crippen molar-refractivity contribution in [2.45, 2.75) is 32.1 Å². The number of carbonyl (C=O) groups excluding carboxylic acids is 2. The summed E-state index contributed by atoms with van der Waals surface area (Å²) >= 11 is 0. The van der Waals surface area contributed by atoms with E-state index < -0.39 is 0 Å². The molecule has 3 heterocycles. The number of amides is 2. The first-order valence-electron chi connectivity index (χ1n) is 9.14. The highest BCUT2D eigenvalue weighted by molar-refractivity contribution is 5.94. The highest BCUT2D eigenvalue weighted by Gasteiger charge is 2.15. The molecular weight excluding hydrogens is 358 g/mol. The highest BCUT2D eigenvalue weighted by atomic mass is 16.5. The van der Waals surface area contributed by atoms with E-state index in [-0.39, 0.29) is 18.2 Å². The van der Waals surface area contributed by atoms with Crippen molar-refractivity contribution in [1.29, 1.82) is 0 Å². The van der Waals surface area contributed by atoms with Crippen molar-refractivity contribution in [2.75, 3.05) is 10.6 Å². The molecule has 0 radical (unpaired) electrons. The molecule has 0 saturated carbocycles. The minimum atomic E-state index is -0.143. The van der Waals surface area contributed by atoms with Crippen LogP contribution in [-0.4, -0.2) is 26.9 Å². The van der Waals surface area contributed by atoms with E-state index in [1.54, 1.807) is 18.3 Å². The minimum Gasteiger partial charge on any atom is -0.339 e. The van der Waals surface area contributed by atoms with Crippen LogP contribution in [0.3, 0.4) is 0 Å². The zero-order valence-electron chi connectivity index (χ0n) is 15.1. The van der Waals surface area contributed by atoms with Crippen molar-refractivity contribution in [3.63, 3.8) is 0 Å². The first kappa shape index (κ1) is 17.8. The lowest BCUT2D eigenvalue weighted by atomic mass is 10.1. The van der Waals surface area contributed by atoms with E-state index in [1.807, 2.05) is 24.3 Å². The number of rotatable bonds is 5. The Morgan fingerprint density at radius 2 is 2.14 bits per heavy atom. The fourth-order valence-electron chi connectivity index (χ4n) is 3.05. The van der Waals surface area contributed by atoms with Crippen molar-refractivity contribution in [2.24, 2.45) is 0 Å². The van der Waals surface area contributed by atoms with Gasteiger partial charge in [0.25, 0.3) is 0 Å². The van der Waals surface area contributed by atoms with Crippen molar-refractivity contribution >= 4 is 23.2 Å². The number of aromatic nitrogens is 3. The fourth-order valence-corrected chi connectivity index (χ4v) is 3.05. The summed E-state index contributed by atoms with van der Waals surface area (Å²) in [5.41, 5.74) is 3.17. The fraction of sp³-hybridized carbons (Fsp3) is 0.250. The Morgan fingerprint density at radius 1 is 1.21 bits per heavy atom. The van der Waals surface area contributed by atoms with Crippen LogP contribution < -0.4 is 10.6 Å². The standard InChI is InChI=1S/C20H19N5O3/c26-17-6-3-4-13-12-14(7-8-15(13)23-17)22-18(27)9-10-19-24-20(25-28-19)16-5-1-2-11-21-16/h1-2,5,7-8,11-12H,3-4,6,9-10H2,(H,22,27)(H,23,26). The van der Waals surface area contributed by atoms with Gasteiger partial charge < -0.3 is 15.2 Å². The molecule has 0 saturated heterocycles. The Bertz CT molecular complexity index is 1000. The SMILES string of the molecule is O=C(CCc1nc(-c2ccccn2)no1)Nc1ccc2c(c1)CCCC(=O)N2. The molecule has 8 nitrogen and oxygen atoms in total. The predicted molar refractivity (Wildman–Crippen MR) is 102 cm³/mol. The number of pyridine rings is 1. The van der Waals surface area contributed by atoms with Crippen LogP contribution in [0.15, 0.2) is 47.1 Å². The van der Waals surface area contributed by atoms with Crippen molar-refractivity contribution in [3.05, 3.63) is 54.0 Å². The summed E-state index contributed by atoms with van der Waals surface area (Å²) in [5.74, 6) is 0.680. The van der Waals surface area contributed by atoms with E-state index in [4.69, 9.17) is 4.52 Å². The molecule has 2 N–H and O–H groups in total. The molecule has 2 aromatic heterocycles. The van der Waals surface area contributed by atoms with Gasteiger partial charge in [-0.25, -0.2) is 0 Å². The number of carbonyl (C=O) groups is 2. The van der Waals surface area contributed by atoms with Gasteiger partial charge in [0.1, 0.15) is 5.69 Å². The first-order valence-corrected chi connectivity index (χ1v) is 9.14. The molecule has 28 heavy (non-hydrogen) atoms. The smallest absolute Gasteiger partial charge is 0.227 e. The van der Waals surface area contributed by atoms with Crippen molar-refractivity contribution in [1.82, 2.24) is 15.1 Å². The van der Waals surface area contributed by atoms with Crippen LogP contribution in [0.5, 0.6) is 0 Å². The van der Waals surface area contributed by atoms with Crippen molar-refractivity contribution in [3.8, 4) is 11.5 Å². The monoisotopic (exact) mass is 377 g/mol. The van der Waals surface area contributed by atoms with Gasteiger partial charge in [-0.15, -0.1) is 0 Å². The Kier molecular flexibility index (Phi) is 5.09. The lowest BCUT2D eigenvalue weighted by Crippen LogP contribution is -2.13. The molecule has 2 amide bonds. The minimum absolute atomic E-state index is 0.0279. The van der Waals surface area contributed by atoms with E-state index >= 15 is 0 Å². The third kappa shape index (κ3) is 4.22. The number of nitrogens with zero attached hydrogens (tertiary/aromatic N) is 3. The molecule has 142 valence electrons. The van der Waals surface area contributed by atoms with Gasteiger partial charge in [-0.3, -0.25) is 14.6 Å². The molecule has 8 heteroatoms. The number of hydrogen-bond acceptors (Lipinski definition) is 6. The number of fused-ring (bicyclic) bond motifs is 1. The van der Waals surface area contributed by atoms with Gasteiger partial charge in [0, 0.05) is 36.8 Å². The summed E-state index contributed by atoms with van der Waals surface area (Å²) in [7, 11) is 0. The van der Waals surface area contributed by atoms with Gasteiger partial charge in [0.15, 0.2) is 0 Å². The largest absolute Gasteiger partial charge is 0.339 e. The van der Waals surface area contributed by atoms with E-state index in [0.29, 0.717) is 35.9 Å². The summed E-state index contributed by atoms with van der Waals surface area (Å²) in [5, 5.41) is 9.66. The lowest BCUT2D eigenvalue weighted by molar-refractivity contribution is -0.117. The number of hydrogen-bond donors (Lipinski definition) is 2. The van der Waals surface area contributed by atoms with Crippen LogP contribution in [0.25, 0.3) is 11.5 Å². The van der Waals surface area contributed by atoms with Crippen LogP contribution >= 0.6 is 0 Å². The Morgan fingerprint density at radius 3 is 3.00 bits per heavy atom. The molecule has 0 bridgehead atoms. The predicted octanol–water partition coefficient (Wildman–Crippen LogP) is 2.98. The lowest BCUT2D eigenvalue weighted by Gasteiger charge is -2.10. The van der Waals surface area contributed by atoms with Gasteiger partial charge in [-0.2, -0.15) is 4.98 Å². The molecule has 0 fully saturated rings. The molecule has 0 unspecified atom stereocenters. The van der Waals surface area contributed by atoms with E-state index in [9.17, 15) is 9.59 Å². The second-order valence-electron chi connectivity index (χ2n) is 6.55.